The molecule has 0 N–H and O–H groups in total. The molecule has 4 nitrogen and oxygen atoms in total. The maximum absolute atomic E-state index is 12.3. The fraction of sp³-hybridized carbons (Fsp3) is 0.100. The van der Waals surface area contributed by atoms with E-state index in [0.29, 0.717) is 17.3 Å². The van der Waals surface area contributed by atoms with Crippen molar-refractivity contribution in [2.75, 3.05) is 6.54 Å². The van der Waals surface area contributed by atoms with Crippen molar-refractivity contribution in [3.05, 3.63) is 77.6 Å². The van der Waals surface area contributed by atoms with Gasteiger partial charge in [-0.2, -0.15) is 0 Å². The second-order valence-electron chi connectivity index (χ2n) is 5.81. The summed E-state index contributed by atoms with van der Waals surface area (Å²) in [5.41, 5.74) is 1.85. The molecule has 1 saturated heterocycles. The van der Waals surface area contributed by atoms with Gasteiger partial charge in [-0.05, 0) is 108 Å². The van der Waals surface area contributed by atoms with E-state index in [-0.39, 0.29) is 17.7 Å². The van der Waals surface area contributed by atoms with E-state index in [1.807, 2.05) is 36.4 Å². The third-order valence-electron chi connectivity index (χ3n) is 3.80. The fourth-order valence-electron chi connectivity index (χ4n) is 2.47. The van der Waals surface area contributed by atoms with E-state index in [9.17, 15) is 9.59 Å². The van der Waals surface area contributed by atoms with Gasteiger partial charge in [0.05, 0.1) is 13.9 Å². The molecule has 0 unspecified atom stereocenters. The van der Waals surface area contributed by atoms with Crippen molar-refractivity contribution in [2.45, 2.75) is 6.61 Å². The maximum Gasteiger partial charge on any atom is 0.293 e. The third-order valence-corrected chi connectivity index (χ3v) is 6.60. The van der Waals surface area contributed by atoms with Crippen molar-refractivity contribution in [2.24, 2.45) is 0 Å². The normalized spacial score (nSPS) is 15.4. The molecule has 2 aromatic rings. The Balaban J connectivity index is 1.78. The summed E-state index contributed by atoms with van der Waals surface area (Å²) >= 11 is 10.2. The van der Waals surface area contributed by atoms with Crippen LogP contribution in [0.2, 0.25) is 0 Å². The first-order valence-electron chi connectivity index (χ1n) is 8.11. The number of benzene rings is 2. The van der Waals surface area contributed by atoms with Gasteiger partial charge in [0.1, 0.15) is 12.4 Å². The molecular formula is C20H14Br2INO3S. The highest BCUT2D eigenvalue weighted by Crippen LogP contribution is 2.38. The predicted molar refractivity (Wildman–Crippen MR) is 128 cm³/mol. The van der Waals surface area contributed by atoms with E-state index in [2.05, 4.69) is 61.0 Å². The van der Waals surface area contributed by atoms with E-state index >= 15 is 0 Å². The smallest absolute Gasteiger partial charge is 0.293 e. The minimum Gasteiger partial charge on any atom is -0.487 e. The lowest BCUT2D eigenvalue weighted by atomic mass is 10.2. The van der Waals surface area contributed by atoms with Crippen molar-refractivity contribution in [3.8, 4) is 5.75 Å². The molecular weight excluding hydrogens is 621 g/mol. The zero-order valence-corrected chi connectivity index (χ0v) is 20.6. The average molecular weight is 635 g/mol. The van der Waals surface area contributed by atoms with E-state index in [0.717, 1.165) is 31.8 Å². The first-order chi connectivity index (χ1) is 13.4. The molecule has 0 bridgehead atoms. The Bertz CT molecular complexity index is 953. The Hall–Kier alpha value is -1.10. The molecule has 3 rings (SSSR count). The molecule has 0 saturated carbocycles. The van der Waals surface area contributed by atoms with Gasteiger partial charge >= 0.3 is 0 Å². The molecule has 0 spiro atoms. The van der Waals surface area contributed by atoms with Crippen LogP contribution in [-0.2, 0) is 11.4 Å². The highest BCUT2D eigenvalue weighted by Gasteiger charge is 2.34. The summed E-state index contributed by atoms with van der Waals surface area (Å²) in [4.78, 5) is 25.9. The first-order valence-corrected chi connectivity index (χ1v) is 11.6. The summed E-state index contributed by atoms with van der Waals surface area (Å²) in [5.74, 6) is 0.372. The van der Waals surface area contributed by atoms with Gasteiger partial charge in [-0.3, -0.25) is 14.5 Å². The van der Waals surface area contributed by atoms with Crippen LogP contribution in [0.4, 0.5) is 4.79 Å². The largest absolute Gasteiger partial charge is 0.487 e. The van der Waals surface area contributed by atoms with E-state index < -0.39 is 0 Å². The van der Waals surface area contributed by atoms with Crippen molar-refractivity contribution < 1.29 is 14.3 Å². The molecule has 0 atom stereocenters. The SMILES string of the molecule is C=CCN1C(=O)S/C(=C/c2cc(Br)c(OCc3ccc(I)cc3)c(Br)c2)C1=O. The molecule has 2 aromatic carbocycles. The van der Waals surface area contributed by atoms with Crippen LogP contribution in [-0.4, -0.2) is 22.6 Å². The fourth-order valence-corrected chi connectivity index (χ4v) is 5.13. The van der Waals surface area contributed by atoms with Crippen LogP contribution in [0.15, 0.2) is 62.9 Å². The summed E-state index contributed by atoms with van der Waals surface area (Å²) in [6, 6.07) is 11.8. The number of amides is 2. The summed E-state index contributed by atoms with van der Waals surface area (Å²) < 4.78 is 8.62. The Kier molecular flexibility index (Phi) is 7.41. The quantitative estimate of drug-likeness (QED) is 0.204. The summed E-state index contributed by atoms with van der Waals surface area (Å²) in [7, 11) is 0. The van der Waals surface area contributed by atoms with Gasteiger partial charge in [-0.15, -0.1) is 6.58 Å². The van der Waals surface area contributed by atoms with Gasteiger partial charge in [-0.25, -0.2) is 0 Å². The van der Waals surface area contributed by atoms with Crippen molar-refractivity contribution in [1.29, 1.82) is 0 Å². The van der Waals surface area contributed by atoms with Crippen LogP contribution in [0.5, 0.6) is 5.75 Å². The number of halogens is 3. The Morgan fingerprint density at radius 2 is 1.79 bits per heavy atom. The summed E-state index contributed by atoms with van der Waals surface area (Å²) in [5, 5.41) is -0.285. The standard InChI is InChI=1S/C20H14Br2INO3S/c1-2-7-24-19(25)17(28-20(24)26)10-13-8-15(21)18(16(22)9-13)27-11-12-3-5-14(23)6-4-12/h2-6,8-10H,1,7,11H2/b17-10+. The molecule has 0 aromatic heterocycles. The van der Waals surface area contributed by atoms with Crippen molar-refractivity contribution in [1.82, 2.24) is 4.90 Å². The van der Waals surface area contributed by atoms with E-state index in [1.54, 1.807) is 6.08 Å². The molecule has 0 aliphatic carbocycles. The molecule has 2 amide bonds. The van der Waals surface area contributed by atoms with Crippen LogP contribution >= 0.6 is 66.2 Å². The van der Waals surface area contributed by atoms with Gasteiger partial charge in [0.2, 0.25) is 0 Å². The van der Waals surface area contributed by atoms with Gasteiger partial charge < -0.3 is 4.74 Å². The molecule has 8 heteroatoms. The third kappa shape index (κ3) is 5.08. The summed E-state index contributed by atoms with van der Waals surface area (Å²) in [6.45, 7) is 4.22. The number of imide groups is 1. The molecule has 1 heterocycles. The first kappa shape index (κ1) is 21.6. The van der Waals surface area contributed by atoms with Crippen LogP contribution < -0.4 is 4.74 Å². The van der Waals surface area contributed by atoms with Gasteiger partial charge in [-0.1, -0.05) is 18.2 Å². The number of carbonyl (C=O) groups excluding carboxylic acids is 2. The highest BCUT2D eigenvalue weighted by molar-refractivity contribution is 14.1. The molecule has 1 aliphatic rings. The van der Waals surface area contributed by atoms with Crippen LogP contribution in [0.1, 0.15) is 11.1 Å². The summed E-state index contributed by atoms with van der Waals surface area (Å²) in [6.07, 6.45) is 3.23. The van der Waals surface area contributed by atoms with Crippen molar-refractivity contribution in [3.63, 3.8) is 0 Å². The van der Waals surface area contributed by atoms with Gasteiger partial charge in [0.15, 0.2) is 0 Å². The number of carbonyl (C=O) groups is 2. The lowest BCUT2D eigenvalue weighted by molar-refractivity contribution is -0.122. The monoisotopic (exact) mass is 633 g/mol. The molecule has 1 aliphatic heterocycles. The molecule has 0 radical (unpaired) electrons. The Labute approximate surface area is 197 Å². The second kappa shape index (κ2) is 9.60. The Morgan fingerprint density at radius 3 is 2.39 bits per heavy atom. The van der Waals surface area contributed by atoms with Crippen molar-refractivity contribution >= 4 is 83.4 Å². The predicted octanol–water partition coefficient (Wildman–Crippen LogP) is 6.62. The Morgan fingerprint density at radius 1 is 1.14 bits per heavy atom. The van der Waals surface area contributed by atoms with Gasteiger partial charge in [0.25, 0.3) is 11.1 Å². The van der Waals surface area contributed by atoms with Crippen LogP contribution in [0.25, 0.3) is 6.08 Å². The highest BCUT2D eigenvalue weighted by atomic mass is 127. The second-order valence-corrected chi connectivity index (χ2v) is 9.76. The number of hydrogen-bond donors (Lipinski definition) is 0. The maximum atomic E-state index is 12.3. The number of hydrogen-bond acceptors (Lipinski definition) is 4. The lowest BCUT2D eigenvalue weighted by Gasteiger charge is -2.12. The van der Waals surface area contributed by atoms with Crippen LogP contribution in [0.3, 0.4) is 0 Å². The minimum absolute atomic E-state index is 0.209. The molecule has 1 fully saturated rings. The molecule has 144 valence electrons. The van der Waals surface area contributed by atoms with E-state index in [1.165, 1.54) is 14.5 Å². The topological polar surface area (TPSA) is 46.6 Å². The number of rotatable bonds is 6. The minimum atomic E-state index is -0.304. The van der Waals surface area contributed by atoms with Gasteiger partial charge in [0, 0.05) is 10.1 Å². The zero-order valence-electron chi connectivity index (χ0n) is 14.5. The zero-order chi connectivity index (χ0) is 20.3. The number of nitrogens with zero attached hydrogens (tertiary/aromatic N) is 1. The van der Waals surface area contributed by atoms with Crippen LogP contribution in [0, 0.1) is 3.57 Å². The number of ether oxygens (including phenoxy) is 1. The number of thioether (sulfide) groups is 1. The molecule has 28 heavy (non-hydrogen) atoms. The van der Waals surface area contributed by atoms with E-state index in [4.69, 9.17) is 4.74 Å². The lowest BCUT2D eigenvalue weighted by Crippen LogP contribution is -2.27. The average Bonchev–Trinajstić information content (AvgIpc) is 2.90.